The first-order valence-corrected chi connectivity index (χ1v) is 21.5. The maximum Gasteiger partial charge on any atom is 0.166 e. The van der Waals surface area contributed by atoms with Crippen molar-refractivity contribution in [3.05, 3.63) is 134 Å². The number of pyridine rings is 1. The Labute approximate surface area is 365 Å². The van der Waals surface area contributed by atoms with Gasteiger partial charge in [0.25, 0.3) is 0 Å². The van der Waals surface area contributed by atoms with Crippen molar-refractivity contribution < 1.29 is 14.7 Å². The average molecular weight is 850 g/mol. The van der Waals surface area contributed by atoms with Crippen LogP contribution in [0.4, 0.5) is 11.4 Å². The largest absolute Gasteiger partial charge is 0.400 e. The van der Waals surface area contributed by atoms with Crippen LogP contribution >= 0.6 is 23.2 Å². The van der Waals surface area contributed by atoms with Gasteiger partial charge in [-0.05, 0) is 118 Å². The Morgan fingerprint density at radius 3 is 2.18 bits per heavy atom. The maximum atomic E-state index is 13.3. The third-order valence-corrected chi connectivity index (χ3v) is 12.3. The van der Waals surface area contributed by atoms with Gasteiger partial charge >= 0.3 is 0 Å². The lowest BCUT2D eigenvalue weighted by Crippen LogP contribution is -2.40. The molecule has 0 bridgehead atoms. The molecule has 0 saturated heterocycles. The van der Waals surface area contributed by atoms with Crippen LogP contribution in [0, 0.1) is 34.6 Å². The maximum absolute atomic E-state index is 13.3. The fourth-order valence-corrected chi connectivity index (χ4v) is 9.07. The van der Waals surface area contributed by atoms with Gasteiger partial charge in [-0.1, -0.05) is 67.7 Å². The molecule has 0 spiro atoms. The van der Waals surface area contributed by atoms with E-state index in [0.29, 0.717) is 30.4 Å². The molecule has 1 N–H and O–H groups in total. The Bertz CT molecular complexity index is 2390. The number of unbranched alkanes of at least 4 members (excludes halogenated alkanes) is 1. The van der Waals surface area contributed by atoms with Crippen LogP contribution in [0.2, 0.25) is 10.0 Å². The molecule has 316 valence electrons. The van der Waals surface area contributed by atoms with E-state index in [1.165, 1.54) is 5.56 Å². The number of nitrogens with zero attached hydrogens (tertiary/aromatic N) is 6. The van der Waals surface area contributed by atoms with E-state index in [-0.39, 0.29) is 12.0 Å². The molecule has 4 heterocycles. The normalized spacial score (nSPS) is 14.2. The molecule has 6 aromatic rings. The Hall–Kier alpha value is -5.09. The molecule has 0 saturated carbocycles. The summed E-state index contributed by atoms with van der Waals surface area (Å²) in [5, 5.41) is 9.43. The Balaban J connectivity index is 0.00000166. The summed E-state index contributed by atoms with van der Waals surface area (Å²) < 4.78 is 2.05. The minimum Gasteiger partial charge on any atom is -0.400 e. The van der Waals surface area contributed by atoms with Crippen LogP contribution in [0.15, 0.2) is 73.2 Å². The fraction of sp³-hybridized carbons (Fsp3) is 0.367. The van der Waals surface area contributed by atoms with Gasteiger partial charge in [-0.15, -0.1) is 0 Å². The summed E-state index contributed by atoms with van der Waals surface area (Å²) in [4.78, 5) is 43.9. The molecule has 0 aliphatic carbocycles. The zero-order valence-corrected chi connectivity index (χ0v) is 37.9. The number of aldehydes is 2. The summed E-state index contributed by atoms with van der Waals surface area (Å²) in [6, 6.07) is 20.1. The molecular weight excluding hydrogens is 791 g/mol. The highest BCUT2D eigenvalue weighted by Crippen LogP contribution is 2.51. The third kappa shape index (κ3) is 9.59. The van der Waals surface area contributed by atoms with Crippen molar-refractivity contribution in [2.75, 3.05) is 37.0 Å². The number of aryl methyl sites for hydroxylation is 6. The van der Waals surface area contributed by atoms with Crippen LogP contribution in [-0.4, -0.2) is 70.5 Å². The number of hydrogen-bond donors (Lipinski definition) is 1. The predicted octanol–water partition coefficient (Wildman–Crippen LogP) is 10.9. The van der Waals surface area contributed by atoms with Gasteiger partial charge in [0.15, 0.2) is 6.29 Å². The van der Waals surface area contributed by atoms with Crippen molar-refractivity contribution in [3.8, 4) is 11.1 Å². The lowest BCUT2D eigenvalue weighted by atomic mass is 9.88. The molecule has 0 radical (unpaired) electrons. The van der Waals surface area contributed by atoms with E-state index in [4.69, 9.17) is 28.3 Å². The van der Waals surface area contributed by atoms with Crippen LogP contribution in [0.3, 0.4) is 0 Å². The molecule has 2 unspecified atom stereocenters. The van der Waals surface area contributed by atoms with Gasteiger partial charge in [0.05, 0.1) is 45.9 Å². The number of carbonyl (C=O) groups is 2. The van der Waals surface area contributed by atoms with Gasteiger partial charge in [0.1, 0.15) is 12.6 Å². The van der Waals surface area contributed by atoms with Gasteiger partial charge in [0.2, 0.25) is 0 Å². The molecule has 7 rings (SSSR count). The summed E-state index contributed by atoms with van der Waals surface area (Å²) in [5.74, 6) is -0.0146. The topological polar surface area (TPSA) is 104 Å². The number of hydrogen-bond acceptors (Lipinski definition) is 8. The lowest BCUT2D eigenvalue weighted by molar-refractivity contribution is -0.109. The highest BCUT2D eigenvalue weighted by atomic mass is 35.5. The number of benzene rings is 3. The molecule has 0 fully saturated rings. The van der Waals surface area contributed by atoms with Crippen LogP contribution in [0.25, 0.3) is 22.0 Å². The average Bonchev–Trinajstić information content (AvgIpc) is 3.76. The molecule has 2 atom stereocenters. The SMILES string of the molecule is CC.CO.Cc1cc(N(C)CCN2c3c(ccc(Cl)c3-c3c(C)ncnc3C)C(CCCCc3cc(C)c(Cl)c(C)c3)C2C=O)c2c(c1)cc(C=O)n2Cc1ccccn1. The van der Waals surface area contributed by atoms with Crippen molar-refractivity contribution in [2.24, 2.45) is 0 Å². The highest BCUT2D eigenvalue weighted by Gasteiger charge is 2.41. The van der Waals surface area contributed by atoms with Crippen molar-refractivity contribution >= 4 is 58.1 Å². The van der Waals surface area contributed by atoms with Gasteiger partial charge in [-0.25, -0.2) is 9.97 Å². The number of carbonyl (C=O) groups excluding carboxylic acids is 2. The first kappa shape index (κ1) is 46.0. The van der Waals surface area contributed by atoms with Crippen LogP contribution < -0.4 is 9.80 Å². The number of anilines is 2. The number of halogens is 2. The molecule has 1 aliphatic heterocycles. The zero-order chi connectivity index (χ0) is 43.7. The molecule has 9 nitrogen and oxygen atoms in total. The number of likely N-dealkylation sites (N-methyl/N-ethyl adjacent to an activating group) is 1. The van der Waals surface area contributed by atoms with E-state index in [1.54, 1.807) is 12.5 Å². The van der Waals surface area contributed by atoms with Gasteiger partial charge in [-0.2, -0.15) is 0 Å². The quantitative estimate of drug-likeness (QED) is 0.0854. The number of rotatable bonds is 14. The molecule has 3 aromatic heterocycles. The van der Waals surface area contributed by atoms with Crippen LogP contribution in [0.1, 0.15) is 94.4 Å². The number of aliphatic hydroxyl groups is 1. The first-order chi connectivity index (χ1) is 29.0. The predicted molar refractivity (Wildman–Crippen MR) is 249 cm³/mol. The zero-order valence-electron chi connectivity index (χ0n) is 36.4. The lowest BCUT2D eigenvalue weighted by Gasteiger charge is -2.31. The van der Waals surface area contributed by atoms with Crippen LogP contribution in [-0.2, 0) is 17.8 Å². The first-order valence-electron chi connectivity index (χ1n) is 20.7. The summed E-state index contributed by atoms with van der Waals surface area (Å²) in [6.07, 6.45) is 9.15. The van der Waals surface area contributed by atoms with Crippen LogP contribution in [0.5, 0.6) is 0 Å². The standard InChI is InChI=1S/C46H48Cl2N6O2.C2H6.CH4O/c1-28-19-34-23-36(25-55)54(24-35-12-9-10-16-49-35)45(34)40(20-28)52(6)17-18-53-41(26-56)37(13-8-7-11-33-21-29(2)44(48)30(3)22-33)38-14-15-39(47)43(46(38)53)42-31(4)50-27-51-32(42)5;2*1-2/h9-10,12,14-16,19-23,25-27,37,41H,7-8,11,13,17-18,24H2,1-6H3;1-2H3;2H,1H3. The molecule has 0 amide bonds. The highest BCUT2D eigenvalue weighted by molar-refractivity contribution is 6.34. The van der Waals surface area contributed by atoms with Gasteiger partial charge in [0, 0.05) is 72.3 Å². The monoisotopic (exact) mass is 848 g/mol. The van der Waals surface area contributed by atoms with E-state index >= 15 is 0 Å². The van der Waals surface area contributed by atoms with Crippen molar-refractivity contribution in [1.29, 1.82) is 0 Å². The van der Waals surface area contributed by atoms with E-state index in [0.717, 1.165) is 123 Å². The molecule has 11 heteroatoms. The van der Waals surface area contributed by atoms with E-state index in [9.17, 15) is 9.59 Å². The number of aromatic nitrogens is 4. The Morgan fingerprint density at radius 1 is 0.850 bits per heavy atom. The minimum atomic E-state index is -0.381. The smallest absolute Gasteiger partial charge is 0.166 e. The summed E-state index contributed by atoms with van der Waals surface area (Å²) in [7, 11) is 3.08. The fourth-order valence-electron chi connectivity index (χ4n) is 8.71. The second-order valence-corrected chi connectivity index (χ2v) is 16.0. The van der Waals surface area contributed by atoms with Gasteiger partial charge in [-0.3, -0.25) is 9.78 Å². The summed E-state index contributed by atoms with van der Waals surface area (Å²) in [5.41, 5.74) is 13.6. The summed E-state index contributed by atoms with van der Waals surface area (Å²) in [6.45, 7) is 15.8. The van der Waals surface area contributed by atoms with E-state index in [2.05, 4.69) is 87.5 Å². The molecular formula is C49H58Cl2N6O3. The van der Waals surface area contributed by atoms with Gasteiger partial charge < -0.3 is 24.3 Å². The molecule has 60 heavy (non-hydrogen) atoms. The molecule has 1 aliphatic rings. The Kier molecular flexibility index (Phi) is 16.0. The van der Waals surface area contributed by atoms with E-state index in [1.807, 2.05) is 58.0 Å². The summed E-state index contributed by atoms with van der Waals surface area (Å²) >= 11 is 13.6. The third-order valence-electron chi connectivity index (χ3n) is 11.4. The second-order valence-electron chi connectivity index (χ2n) is 15.2. The van der Waals surface area contributed by atoms with Crippen molar-refractivity contribution in [2.45, 2.75) is 92.7 Å². The molecule has 3 aromatic carbocycles. The Morgan fingerprint density at radius 2 is 1.55 bits per heavy atom. The van der Waals surface area contributed by atoms with Crippen molar-refractivity contribution in [1.82, 2.24) is 19.5 Å². The second kappa shape index (κ2) is 20.9. The van der Waals surface area contributed by atoms with E-state index < -0.39 is 0 Å². The van der Waals surface area contributed by atoms with Crippen molar-refractivity contribution in [3.63, 3.8) is 0 Å². The minimum absolute atomic E-state index is 0.0146. The number of aliphatic hydroxyl groups excluding tert-OH is 1. The number of fused-ring (bicyclic) bond motifs is 2.